The van der Waals surface area contributed by atoms with Crippen LogP contribution in [0.15, 0.2) is 24.3 Å². The molecule has 23 heavy (non-hydrogen) atoms. The van der Waals surface area contributed by atoms with Crippen molar-refractivity contribution in [3.8, 4) is 0 Å². The number of rotatable bonds is 3. The van der Waals surface area contributed by atoms with Crippen LogP contribution >= 0.6 is 0 Å². The molecule has 0 aliphatic heterocycles. The molecule has 0 spiro atoms. The van der Waals surface area contributed by atoms with Gasteiger partial charge in [0.1, 0.15) is 5.82 Å². The highest BCUT2D eigenvalue weighted by molar-refractivity contribution is 5.89. The number of methoxy groups -OCH3 is 1. The Morgan fingerprint density at radius 3 is 2.61 bits per heavy atom. The molecule has 126 valence electrons. The molecule has 0 saturated heterocycles. The summed E-state index contributed by atoms with van der Waals surface area (Å²) in [5.41, 5.74) is 0.378. The number of esters is 1. The van der Waals surface area contributed by atoms with Crippen molar-refractivity contribution >= 4 is 17.7 Å². The summed E-state index contributed by atoms with van der Waals surface area (Å²) < 4.78 is 18.0. The van der Waals surface area contributed by atoms with Gasteiger partial charge in [-0.3, -0.25) is 4.79 Å². The number of amides is 2. The van der Waals surface area contributed by atoms with Crippen molar-refractivity contribution in [2.24, 2.45) is 5.92 Å². The molecule has 1 aromatic rings. The number of carbonyl (C=O) groups is 2. The lowest BCUT2D eigenvalue weighted by molar-refractivity contribution is -0.146. The van der Waals surface area contributed by atoms with Crippen LogP contribution in [0.4, 0.5) is 14.9 Å². The van der Waals surface area contributed by atoms with Gasteiger partial charge in [-0.05, 0) is 31.0 Å². The third kappa shape index (κ3) is 5.23. The number of hydrogen-bond donors (Lipinski definition) is 2. The van der Waals surface area contributed by atoms with E-state index >= 15 is 0 Å². The Kier molecular flexibility index (Phi) is 6.38. The van der Waals surface area contributed by atoms with Crippen molar-refractivity contribution in [3.05, 3.63) is 30.1 Å². The number of halogens is 1. The Morgan fingerprint density at radius 1 is 1.17 bits per heavy atom. The third-order valence-electron chi connectivity index (χ3n) is 4.17. The number of anilines is 1. The standard InChI is InChI=1S/C17H23FN2O3/c1-23-16(21)14-9-4-2-3-5-10-15(14)20-17(22)19-13-8-6-7-12(18)11-13/h6-8,11,14-15H,2-5,9-10H2,1H3,(H2,19,20,22)/t14-,15+/m0/s1. The van der Waals surface area contributed by atoms with E-state index < -0.39 is 11.8 Å². The van der Waals surface area contributed by atoms with Gasteiger partial charge in [-0.1, -0.05) is 31.7 Å². The molecular weight excluding hydrogens is 299 g/mol. The quantitative estimate of drug-likeness (QED) is 0.838. The summed E-state index contributed by atoms with van der Waals surface area (Å²) in [5.74, 6) is -1.04. The Morgan fingerprint density at radius 2 is 1.91 bits per heavy atom. The van der Waals surface area contributed by atoms with E-state index in [1.165, 1.54) is 25.3 Å². The average molecular weight is 322 g/mol. The van der Waals surface area contributed by atoms with Gasteiger partial charge in [0.2, 0.25) is 0 Å². The van der Waals surface area contributed by atoms with Crippen LogP contribution in [0, 0.1) is 11.7 Å². The van der Waals surface area contributed by atoms with E-state index in [-0.39, 0.29) is 17.9 Å². The van der Waals surface area contributed by atoms with Gasteiger partial charge in [0.05, 0.1) is 13.0 Å². The first-order chi connectivity index (χ1) is 11.1. The van der Waals surface area contributed by atoms with Crippen molar-refractivity contribution in [2.75, 3.05) is 12.4 Å². The van der Waals surface area contributed by atoms with Gasteiger partial charge in [-0.2, -0.15) is 0 Å². The highest BCUT2D eigenvalue weighted by atomic mass is 19.1. The van der Waals surface area contributed by atoms with Gasteiger partial charge >= 0.3 is 12.0 Å². The average Bonchev–Trinajstić information content (AvgIpc) is 2.49. The van der Waals surface area contributed by atoms with Gasteiger partial charge in [0.25, 0.3) is 0 Å². The van der Waals surface area contributed by atoms with Gasteiger partial charge in [-0.15, -0.1) is 0 Å². The Labute approximate surface area is 135 Å². The largest absolute Gasteiger partial charge is 0.469 e. The summed E-state index contributed by atoms with van der Waals surface area (Å²) >= 11 is 0. The fraction of sp³-hybridized carbons (Fsp3) is 0.529. The number of hydrogen-bond acceptors (Lipinski definition) is 3. The van der Waals surface area contributed by atoms with Crippen LogP contribution < -0.4 is 10.6 Å². The maximum Gasteiger partial charge on any atom is 0.319 e. The normalized spacial score (nSPS) is 21.7. The second-order valence-corrected chi connectivity index (χ2v) is 5.84. The van der Waals surface area contributed by atoms with Crippen LogP contribution in [0.3, 0.4) is 0 Å². The first-order valence-corrected chi connectivity index (χ1v) is 8.01. The lowest BCUT2D eigenvalue weighted by atomic mass is 9.87. The topological polar surface area (TPSA) is 67.4 Å². The lowest BCUT2D eigenvalue weighted by Gasteiger charge is -2.28. The van der Waals surface area contributed by atoms with E-state index in [0.717, 1.165) is 32.1 Å². The fourth-order valence-electron chi connectivity index (χ4n) is 2.99. The predicted molar refractivity (Wildman–Crippen MR) is 85.6 cm³/mol. The molecule has 0 heterocycles. The molecule has 1 fully saturated rings. The summed E-state index contributed by atoms with van der Waals surface area (Å²) in [6, 6.07) is 4.99. The minimum atomic E-state index is -0.435. The molecule has 2 atom stereocenters. The monoisotopic (exact) mass is 322 g/mol. The minimum Gasteiger partial charge on any atom is -0.469 e. The van der Waals surface area contributed by atoms with Crippen LogP contribution in [0.2, 0.25) is 0 Å². The molecule has 1 saturated carbocycles. The third-order valence-corrected chi connectivity index (χ3v) is 4.17. The first kappa shape index (κ1) is 17.2. The van der Waals surface area contributed by atoms with E-state index in [1.807, 2.05) is 0 Å². The van der Waals surface area contributed by atoms with Crippen LogP contribution in [0.1, 0.15) is 38.5 Å². The van der Waals surface area contributed by atoms with Crippen LogP contribution in [0.25, 0.3) is 0 Å². The highest BCUT2D eigenvalue weighted by Crippen LogP contribution is 2.24. The molecule has 6 heteroatoms. The molecule has 0 radical (unpaired) electrons. The number of benzene rings is 1. The zero-order chi connectivity index (χ0) is 16.7. The molecule has 0 aromatic heterocycles. The van der Waals surface area contributed by atoms with Crippen molar-refractivity contribution < 1.29 is 18.7 Å². The summed E-state index contributed by atoms with van der Waals surface area (Å²) in [7, 11) is 1.37. The highest BCUT2D eigenvalue weighted by Gasteiger charge is 2.30. The second kappa shape index (κ2) is 8.50. The van der Waals surface area contributed by atoms with Gasteiger partial charge in [0.15, 0.2) is 0 Å². The Bertz CT molecular complexity index is 550. The Balaban J connectivity index is 2.00. The maximum atomic E-state index is 13.2. The number of carbonyl (C=O) groups excluding carboxylic acids is 2. The molecule has 0 bridgehead atoms. The van der Waals surface area contributed by atoms with E-state index in [1.54, 1.807) is 6.07 Å². The summed E-state index contributed by atoms with van der Waals surface area (Å²) in [6.45, 7) is 0. The van der Waals surface area contributed by atoms with Crippen molar-refractivity contribution in [3.63, 3.8) is 0 Å². The molecule has 2 amide bonds. The van der Waals surface area contributed by atoms with Crippen molar-refractivity contribution in [1.29, 1.82) is 0 Å². The zero-order valence-corrected chi connectivity index (χ0v) is 13.3. The van der Waals surface area contributed by atoms with Crippen LogP contribution in [-0.4, -0.2) is 25.2 Å². The summed E-state index contributed by atoms with van der Waals surface area (Å²) in [5, 5.41) is 5.45. The molecule has 2 rings (SSSR count). The lowest BCUT2D eigenvalue weighted by Crippen LogP contribution is -2.45. The van der Waals surface area contributed by atoms with Gasteiger partial charge < -0.3 is 15.4 Å². The first-order valence-electron chi connectivity index (χ1n) is 8.01. The van der Waals surface area contributed by atoms with E-state index in [4.69, 9.17) is 4.74 Å². The molecule has 0 unspecified atom stereocenters. The van der Waals surface area contributed by atoms with Crippen molar-refractivity contribution in [1.82, 2.24) is 5.32 Å². The maximum absolute atomic E-state index is 13.2. The molecule has 5 nitrogen and oxygen atoms in total. The number of urea groups is 1. The van der Waals surface area contributed by atoms with E-state index in [2.05, 4.69) is 10.6 Å². The minimum absolute atomic E-state index is 0.267. The van der Waals surface area contributed by atoms with E-state index in [0.29, 0.717) is 12.1 Å². The van der Waals surface area contributed by atoms with E-state index in [9.17, 15) is 14.0 Å². The molecule has 2 N–H and O–H groups in total. The van der Waals surface area contributed by atoms with Gasteiger partial charge in [-0.25, -0.2) is 9.18 Å². The summed E-state index contributed by atoms with van der Waals surface area (Å²) in [6.07, 6.45) is 5.53. The van der Waals surface area contributed by atoms with Gasteiger partial charge in [0, 0.05) is 11.7 Å². The number of nitrogens with one attached hydrogen (secondary N) is 2. The summed E-state index contributed by atoms with van der Waals surface area (Å²) in [4.78, 5) is 24.1. The SMILES string of the molecule is COC(=O)[C@H]1CCCCCC[C@H]1NC(=O)Nc1cccc(F)c1. The molecule has 1 aliphatic carbocycles. The van der Waals surface area contributed by atoms with Crippen molar-refractivity contribution in [2.45, 2.75) is 44.6 Å². The molecule has 1 aliphatic rings. The second-order valence-electron chi connectivity index (χ2n) is 5.84. The predicted octanol–water partition coefficient (Wildman–Crippen LogP) is 3.46. The fourth-order valence-corrected chi connectivity index (χ4v) is 2.99. The number of ether oxygens (including phenoxy) is 1. The van der Waals surface area contributed by atoms with Crippen LogP contribution in [-0.2, 0) is 9.53 Å². The smallest absolute Gasteiger partial charge is 0.319 e. The molecule has 1 aromatic carbocycles. The Hall–Kier alpha value is -2.11. The zero-order valence-electron chi connectivity index (χ0n) is 13.3. The van der Waals surface area contributed by atoms with Crippen LogP contribution in [0.5, 0.6) is 0 Å². The molecular formula is C17H23FN2O3.